The first-order chi connectivity index (χ1) is 12.2. The number of benzene rings is 2. The highest BCUT2D eigenvalue weighted by molar-refractivity contribution is 5.85. The minimum atomic E-state index is -0.551. The number of ether oxygens (including phenoxy) is 3. The molecule has 0 bridgehead atoms. The van der Waals surface area contributed by atoms with E-state index in [1.807, 2.05) is 55.5 Å². The molecule has 142 valence electrons. The van der Waals surface area contributed by atoms with Gasteiger partial charge >= 0.3 is 0 Å². The van der Waals surface area contributed by atoms with E-state index < -0.39 is 6.10 Å². The van der Waals surface area contributed by atoms with E-state index in [0.717, 1.165) is 37.6 Å². The van der Waals surface area contributed by atoms with Gasteiger partial charge in [0.25, 0.3) is 0 Å². The van der Waals surface area contributed by atoms with E-state index in [-0.39, 0.29) is 19.0 Å². The molecule has 5 nitrogen and oxygen atoms in total. The molecule has 0 spiro atoms. The third-order valence-corrected chi connectivity index (χ3v) is 4.17. The van der Waals surface area contributed by atoms with Gasteiger partial charge in [0.05, 0.1) is 13.2 Å². The predicted molar refractivity (Wildman–Crippen MR) is 104 cm³/mol. The molecule has 2 aromatic carbocycles. The Labute approximate surface area is 160 Å². The molecule has 1 aliphatic heterocycles. The molecule has 3 rings (SSSR count). The van der Waals surface area contributed by atoms with Crippen molar-refractivity contribution in [2.45, 2.75) is 13.0 Å². The minimum Gasteiger partial charge on any atom is -0.487 e. The van der Waals surface area contributed by atoms with E-state index in [2.05, 4.69) is 4.90 Å². The standard InChI is InChI=1S/C20H25NO4.ClH/c1-16-6-2-3-7-18(16)25-20-9-5-4-8-19(20)24-15-17(22)14-21-10-12-23-13-11-21;/h2-9,17,22H,10-15H2,1H3;1H. The highest BCUT2D eigenvalue weighted by atomic mass is 35.5. The lowest BCUT2D eigenvalue weighted by atomic mass is 10.2. The quantitative estimate of drug-likeness (QED) is 0.800. The maximum absolute atomic E-state index is 10.2. The number of aliphatic hydroxyl groups excluding tert-OH is 1. The fourth-order valence-electron chi connectivity index (χ4n) is 2.76. The zero-order valence-electron chi connectivity index (χ0n) is 15.0. The smallest absolute Gasteiger partial charge is 0.169 e. The van der Waals surface area contributed by atoms with Gasteiger partial charge in [0.1, 0.15) is 18.5 Å². The van der Waals surface area contributed by atoms with Crippen molar-refractivity contribution in [1.82, 2.24) is 4.90 Å². The summed E-state index contributed by atoms with van der Waals surface area (Å²) in [4.78, 5) is 2.19. The van der Waals surface area contributed by atoms with E-state index in [9.17, 15) is 5.11 Å². The summed E-state index contributed by atoms with van der Waals surface area (Å²) >= 11 is 0. The Morgan fingerprint density at radius 1 is 1.00 bits per heavy atom. The molecule has 0 aromatic heterocycles. The number of morpholine rings is 1. The van der Waals surface area contributed by atoms with Gasteiger partial charge in [-0.1, -0.05) is 30.3 Å². The van der Waals surface area contributed by atoms with E-state index in [4.69, 9.17) is 14.2 Å². The van der Waals surface area contributed by atoms with Crippen LogP contribution in [0.1, 0.15) is 5.56 Å². The van der Waals surface area contributed by atoms with Crippen LogP contribution in [-0.4, -0.2) is 55.6 Å². The summed E-state index contributed by atoms with van der Waals surface area (Å²) in [5, 5.41) is 10.2. The third kappa shape index (κ3) is 5.88. The van der Waals surface area contributed by atoms with Gasteiger partial charge in [-0.15, -0.1) is 12.4 Å². The fraction of sp³-hybridized carbons (Fsp3) is 0.400. The average Bonchev–Trinajstić information content (AvgIpc) is 2.64. The van der Waals surface area contributed by atoms with E-state index in [1.165, 1.54) is 0 Å². The second-order valence-electron chi connectivity index (χ2n) is 6.19. The van der Waals surface area contributed by atoms with Gasteiger partial charge in [-0.3, -0.25) is 4.90 Å². The Bertz CT molecular complexity index is 676. The SMILES string of the molecule is Cc1ccccc1Oc1ccccc1OCC(O)CN1CCOCC1.Cl. The molecule has 1 N–H and O–H groups in total. The Hall–Kier alpha value is -1.79. The third-order valence-electron chi connectivity index (χ3n) is 4.17. The number of aliphatic hydroxyl groups is 1. The number of aryl methyl sites for hydroxylation is 1. The van der Waals surface area contributed by atoms with Crippen molar-refractivity contribution in [2.24, 2.45) is 0 Å². The number of rotatable bonds is 7. The molecule has 1 fully saturated rings. The van der Waals surface area contributed by atoms with Crippen molar-refractivity contribution in [2.75, 3.05) is 39.5 Å². The van der Waals surface area contributed by atoms with Crippen molar-refractivity contribution in [3.05, 3.63) is 54.1 Å². The molecular weight excluding hydrogens is 354 g/mol. The Morgan fingerprint density at radius 2 is 1.62 bits per heavy atom. The van der Waals surface area contributed by atoms with Crippen LogP contribution >= 0.6 is 12.4 Å². The summed E-state index contributed by atoms with van der Waals surface area (Å²) < 4.78 is 17.1. The predicted octanol–water partition coefficient (Wildman–Crippen LogP) is 3.28. The van der Waals surface area contributed by atoms with Crippen LogP contribution < -0.4 is 9.47 Å². The first kappa shape index (κ1) is 20.5. The van der Waals surface area contributed by atoms with Crippen LogP contribution in [0.25, 0.3) is 0 Å². The first-order valence-corrected chi connectivity index (χ1v) is 8.66. The van der Waals surface area contributed by atoms with Crippen molar-refractivity contribution < 1.29 is 19.3 Å². The van der Waals surface area contributed by atoms with Crippen LogP contribution in [0, 0.1) is 6.92 Å². The second kappa shape index (κ2) is 10.4. The summed E-state index contributed by atoms with van der Waals surface area (Å²) in [5.74, 6) is 2.08. The lowest BCUT2D eigenvalue weighted by Gasteiger charge is -2.28. The number of hydrogen-bond acceptors (Lipinski definition) is 5. The van der Waals surface area contributed by atoms with Gasteiger partial charge in [-0.05, 0) is 30.7 Å². The Kier molecular flexibility index (Phi) is 8.19. The summed E-state index contributed by atoms with van der Waals surface area (Å²) in [6.07, 6.45) is -0.551. The summed E-state index contributed by atoms with van der Waals surface area (Å²) in [6.45, 7) is 5.97. The van der Waals surface area contributed by atoms with E-state index >= 15 is 0 Å². The van der Waals surface area contributed by atoms with E-state index in [1.54, 1.807) is 0 Å². The normalized spacial score (nSPS) is 15.8. The minimum absolute atomic E-state index is 0. The number of halogens is 1. The molecule has 1 aliphatic rings. The first-order valence-electron chi connectivity index (χ1n) is 8.66. The van der Waals surface area contributed by atoms with Gasteiger partial charge in [0.2, 0.25) is 0 Å². The molecule has 1 heterocycles. The van der Waals surface area contributed by atoms with Crippen molar-refractivity contribution in [1.29, 1.82) is 0 Å². The highest BCUT2D eigenvalue weighted by Crippen LogP contribution is 2.32. The van der Waals surface area contributed by atoms with Crippen LogP contribution in [0.5, 0.6) is 17.2 Å². The molecule has 1 atom stereocenters. The van der Waals surface area contributed by atoms with Crippen LogP contribution in [0.3, 0.4) is 0 Å². The molecule has 2 aromatic rings. The van der Waals surface area contributed by atoms with Gasteiger partial charge in [-0.2, -0.15) is 0 Å². The van der Waals surface area contributed by atoms with Crippen molar-refractivity contribution in [3.8, 4) is 17.2 Å². The molecule has 1 unspecified atom stereocenters. The summed E-state index contributed by atoms with van der Waals surface area (Å²) in [7, 11) is 0. The van der Waals surface area contributed by atoms with E-state index in [0.29, 0.717) is 18.0 Å². The Balaban J connectivity index is 0.00000243. The average molecular weight is 380 g/mol. The monoisotopic (exact) mass is 379 g/mol. The van der Waals surface area contributed by atoms with Gasteiger partial charge < -0.3 is 19.3 Å². The molecule has 26 heavy (non-hydrogen) atoms. The second-order valence-corrected chi connectivity index (χ2v) is 6.19. The molecule has 0 saturated carbocycles. The fourth-order valence-corrected chi connectivity index (χ4v) is 2.76. The van der Waals surface area contributed by atoms with Crippen LogP contribution in [-0.2, 0) is 4.74 Å². The maximum atomic E-state index is 10.2. The van der Waals surface area contributed by atoms with Crippen molar-refractivity contribution in [3.63, 3.8) is 0 Å². The molecular formula is C20H26ClNO4. The van der Waals surface area contributed by atoms with Crippen molar-refractivity contribution >= 4 is 12.4 Å². The zero-order chi connectivity index (χ0) is 17.5. The van der Waals surface area contributed by atoms with Crippen LogP contribution in [0.2, 0.25) is 0 Å². The lowest BCUT2D eigenvalue weighted by Crippen LogP contribution is -2.42. The molecule has 0 aliphatic carbocycles. The largest absolute Gasteiger partial charge is 0.487 e. The van der Waals surface area contributed by atoms with Crippen LogP contribution in [0.4, 0.5) is 0 Å². The topological polar surface area (TPSA) is 51.2 Å². The molecule has 0 radical (unpaired) electrons. The number of β-amino-alcohol motifs (C(OH)–C–C–N with tert-alkyl or cyclic N) is 1. The summed E-state index contributed by atoms with van der Waals surface area (Å²) in [6, 6.07) is 15.4. The van der Waals surface area contributed by atoms with Gasteiger partial charge in [0.15, 0.2) is 11.5 Å². The number of hydrogen-bond donors (Lipinski definition) is 1. The van der Waals surface area contributed by atoms with Crippen LogP contribution in [0.15, 0.2) is 48.5 Å². The molecule has 0 amide bonds. The lowest BCUT2D eigenvalue weighted by molar-refractivity contribution is 0.00449. The number of nitrogens with zero attached hydrogens (tertiary/aromatic N) is 1. The zero-order valence-corrected chi connectivity index (χ0v) is 15.8. The summed E-state index contributed by atoms with van der Waals surface area (Å²) in [5.41, 5.74) is 1.06. The highest BCUT2D eigenvalue weighted by Gasteiger charge is 2.16. The van der Waals surface area contributed by atoms with Gasteiger partial charge in [0, 0.05) is 19.6 Å². The molecule has 1 saturated heterocycles. The molecule has 6 heteroatoms. The Morgan fingerprint density at radius 3 is 2.31 bits per heavy atom. The van der Waals surface area contributed by atoms with Gasteiger partial charge in [-0.25, -0.2) is 0 Å². The number of para-hydroxylation sites is 3. The maximum Gasteiger partial charge on any atom is 0.169 e.